The van der Waals surface area contributed by atoms with Crippen molar-refractivity contribution in [3.05, 3.63) is 89.5 Å². The molecule has 1 amide bonds. The molecule has 3 aromatic carbocycles. The number of nitrogens with zero attached hydrogens (tertiary/aromatic N) is 1. The summed E-state index contributed by atoms with van der Waals surface area (Å²) in [6, 6.07) is 19.5. The molecule has 0 aliphatic heterocycles. The van der Waals surface area contributed by atoms with Crippen LogP contribution in [0, 0.1) is 6.92 Å². The zero-order chi connectivity index (χ0) is 25.6. The van der Waals surface area contributed by atoms with Gasteiger partial charge in [0.1, 0.15) is 10.6 Å². The third-order valence-electron chi connectivity index (χ3n) is 5.20. The number of hydrogen-bond donors (Lipinski definition) is 2. The molecule has 3 N–H and O–H groups in total. The number of primary sulfonamides is 1. The van der Waals surface area contributed by atoms with Crippen molar-refractivity contribution in [2.75, 3.05) is 13.7 Å². The van der Waals surface area contributed by atoms with Gasteiger partial charge in [0.15, 0.2) is 0 Å². The molecule has 0 aromatic heterocycles. The number of sulfonamides is 2. The van der Waals surface area contributed by atoms with E-state index >= 15 is 0 Å². The average molecular weight is 518 g/mol. The fourth-order valence-electron chi connectivity index (χ4n) is 3.35. The van der Waals surface area contributed by atoms with Gasteiger partial charge >= 0.3 is 0 Å². The lowest BCUT2D eigenvalue weighted by Crippen LogP contribution is -2.40. The zero-order valence-electron chi connectivity index (χ0n) is 19.3. The van der Waals surface area contributed by atoms with Gasteiger partial charge in [-0.2, -0.15) is 4.31 Å². The number of nitrogens with two attached hydrogens (primary N) is 1. The van der Waals surface area contributed by atoms with Gasteiger partial charge in [0, 0.05) is 13.1 Å². The molecule has 0 spiro atoms. The van der Waals surface area contributed by atoms with E-state index < -0.39 is 32.5 Å². The van der Waals surface area contributed by atoms with E-state index in [1.54, 1.807) is 43.3 Å². The van der Waals surface area contributed by atoms with E-state index in [9.17, 15) is 21.6 Å². The van der Waals surface area contributed by atoms with Crippen LogP contribution in [0.5, 0.6) is 5.75 Å². The number of amides is 1. The summed E-state index contributed by atoms with van der Waals surface area (Å²) < 4.78 is 56.4. The second kappa shape index (κ2) is 11.0. The molecule has 0 saturated carbocycles. The molecule has 0 saturated heterocycles. The lowest BCUT2D eigenvalue weighted by Gasteiger charge is -2.23. The number of rotatable bonds is 10. The molecule has 0 aliphatic carbocycles. The Morgan fingerprint density at radius 3 is 2.20 bits per heavy atom. The van der Waals surface area contributed by atoms with Gasteiger partial charge in [-0.25, -0.2) is 22.0 Å². The molecule has 0 bridgehead atoms. The number of nitrogens with one attached hydrogen (secondary N) is 1. The van der Waals surface area contributed by atoms with Gasteiger partial charge in [-0.05, 0) is 47.9 Å². The first-order valence-corrected chi connectivity index (χ1v) is 13.6. The van der Waals surface area contributed by atoms with Crippen LogP contribution in [0.4, 0.5) is 0 Å². The van der Waals surface area contributed by atoms with E-state index in [2.05, 4.69) is 5.32 Å². The maximum atomic E-state index is 13.6. The highest BCUT2D eigenvalue weighted by Gasteiger charge is 2.30. The van der Waals surface area contributed by atoms with Crippen LogP contribution < -0.4 is 15.2 Å². The maximum absolute atomic E-state index is 13.6. The Kier molecular flexibility index (Phi) is 8.28. The highest BCUT2D eigenvalue weighted by atomic mass is 32.2. The van der Waals surface area contributed by atoms with Crippen molar-refractivity contribution in [1.82, 2.24) is 9.62 Å². The van der Waals surface area contributed by atoms with E-state index in [1.807, 2.05) is 6.07 Å². The Hall–Kier alpha value is -3.25. The van der Waals surface area contributed by atoms with Crippen LogP contribution in [0.1, 0.15) is 16.7 Å². The van der Waals surface area contributed by atoms with Gasteiger partial charge in [-0.15, -0.1) is 0 Å². The molecule has 0 heterocycles. The Bertz CT molecular complexity index is 1390. The van der Waals surface area contributed by atoms with Gasteiger partial charge in [-0.3, -0.25) is 4.79 Å². The summed E-state index contributed by atoms with van der Waals surface area (Å²) in [7, 11) is -6.53. The van der Waals surface area contributed by atoms with Crippen LogP contribution in [0.15, 0.2) is 82.6 Å². The van der Waals surface area contributed by atoms with E-state index in [4.69, 9.17) is 9.88 Å². The monoisotopic (exact) mass is 517 g/mol. The molecule has 0 radical (unpaired) electrons. The summed E-state index contributed by atoms with van der Waals surface area (Å²) in [4.78, 5) is 12.7. The molecule has 0 atom stereocenters. The van der Waals surface area contributed by atoms with Crippen LogP contribution in [-0.4, -0.2) is 40.7 Å². The standard InChI is InChI=1S/C24H27N3O6S2/c1-18-8-13-22(33-2)23(14-18)35(31,32)27(16-20-6-4-3-5-7-20)17-24(28)26-15-19-9-11-21(12-10-19)34(25,29)30/h3-14H,15-17H2,1-2H3,(H,26,28)(H2,25,29,30). The maximum Gasteiger partial charge on any atom is 0.247 e. The fourth-order valence-corrected chi connectivity index (χ4v) is 5.49. The van der Waals surface area contributed by atoms with Crippen LogP contribution in [0.25, 0.3) is 0 Å². The van der Waals surface area contributed by atoms with Crippen molar-refractivity contribution < 1.29 is 26.4 Å². The Balaban J connectivity index is 1.82. The molecule has 35 heavy (non-hydrogen) atoms. The summed E-state index contributed by atoms with van der Waals surface area (Å²) in [5, 5.41) is 7.78. The SMILES string of the molecule is COc1ccc(C)cc1S(=O)(=O)N(CC(=O)NCc1ccc(S(N)(=O)=O)cc1)Cc1ccccc1. The van der Waals surface area contributed by atoms with Crippen LogP contribution in [0.3, 0.4) is 0 Å². The second-order valence-electron chi connectivity index (χ2n) is 7.88. The molecular formula is C24H27N3O6S2. The van der Waals surface area contributed by atoms with Crippen LogP contribution in [-0.2, 0) is 37.9 Å². The summed E-state index contributed by atoms with van der Waals surface area (Å²) in [5.74, 6) is -0.337. The third kappa shape index (κ3) is 6.89. The largest absolute Gasteiger partial charge is 0.495 e. The van der Waals surface area contributed by atoms with Gasteiger partial charge in [-0.1, -0.05) is 48.5 Å². The highest BCUT2D eigenvalue weighted by Crippen LogP contribution is 2.28. The lowest BCUT2D eigenvalue weighted by molar-refractivity contribution is -0.121. The molecule has 0 aliphatic rings. The van der Waals surface area contributed by atoms with E-state index in [-0.39, 0.29) is 28.6 Å². The number of carbonyl (C=O) groups is 1. The predicted octanol–water partition coefficient (Wildman–Crippen LogP) is 2.16. The van der Waals surface area contributed by atoms with Gasteiger partial charge < -0.3 is 10.1 Å². The van der Waals surface area contributed by atoms with Crippen molar-refractivity contribution in [1.29, 1.82) is 0 Å². The molecule has 0 unspecified atom stereocenters. The normalized spacial score (nSPS) is 11.9. The van der Waals surface area contributed by atoms with Gasteiger partial charge in [0.05, 0.1) is 18.6 Å². The Morgan fingerprint density at radius 1 is 0.943 bits per heavy atom. The molecule has 3 aromatic rings. The fraction of sp³-hybridized carbons (Fsp3) is 0.208. The lowest BCUT2D eigenvalue weighted by atomic mass is 10.2. The van der Waals surface area contributed by atoms with E-state index in [1.165, 1.54) is 37.4 Å². The smallest absolute Gasteiger partial charge is 0.247 e. The Labute approximate surface area is 205 Å². The molecular weight excluding hydrogens is 490 g/mol. The third-order valence-corrected chi connectivity index (χ3v) is 7.94. The quantitative estimate of drug-likeness (QED) is 0.423. The summed E-state index contributed by atoms with van der Waals surface area (Å²) in [5.41, 5.74) is 2.08. The minimum atomic E-state index is -4.10. The topological polar surface area (TPSA) is 136 Å². The van der Waals surface area contributed by atoms with Gasteiger partial charge in [0.2, 0.25) is 26.0 Å². The first-order chi connectivity index (χ1) is 16.5. The molecule has 0 fully saturated rings. The van der Waals surface area contributed by atoms with E-state index in [0.717, 1.165) is 9.87 Å². The number of benzene rings is 3. The molecule has 11 heteroatoms. The minimum Gasteiger partial charge on any atom is -0.495 e. The van der Waals surface area contributed by atoms with Crippen molar-refractivity contribution in [3.8, 4) is 5.75 Å². The number of carbonyl (C=O) groups excluding carboxylic acids is 1. The molecule has 3 rings (SSSR count). The van der Waals surface area contributed by atoms with Crippen LogP contribution in [0.2, 0.25) is 0 Å². The first-order valence-electron chi connectivity index (χ1n) is 10.6. The first kappa shape index (κ1) is 26.4. The van der Waals surface area contributed by atoms with Crippen molar-refractivity contribution in [3.63, 3.8) is 0 Å². The molecule has 186 valence electrons. The van der Waals surface area contributed by atoms with Crippen LogP contribution >= 0.6 is 0 Å². The summed E-state index contributed by atoms with van der Waals surface area (Å²) >= 11 is 0. The minimum absolute atomic E-state index is 0.0171. The van der Waals surface area contributed by atoms with Gasteiger partial charge in [0.25, 0.3) is 0 Å². The predicted molar refractivity (Wildman–Crippen MR) is 131 cm³/mol. The average Bonchev–Trinajstić information content (AvgIpc) is 2.82. The van der Waals surface area contributed by atoms with Crippen molar-refractivity contribution in [2.45, 2.75) is 29.8 Å². The van der Waals surface area contributed by atoms with Crippen molar-refractivity contribution in [2.24, 2.45) is 5.14 Å². The number of methoxy groups -OCH3 is 1. The highest BCUT2D eigenvalue weighted by molar-refractivity contribution is 7.89. The summed E-state index contributed by atoms with van der Waals surface area (Å²) in [6.45, 7) is 1.41. The molecule has 9 nitrogen and oxygen atoms in total. The Morgan fingerprint density at radius 2 is 1.60 bits per heavy atom. The van der Waals surface area contributed by atoms with E-state index in [0.29, 0.717) is 11.1 Å². The summed E-state index contributed by atoms with van der Waals surface area (Å²) in [6.07, 6.45) is 0. The zero-order valence-corrected chi connectivity index (χ0v) is 21.0. The van der Waals surface area contributed by atoms with Crippen molar-refractivity contribution >= 4 is 26.0 Å². The number of hydrogen-bond acceptors (Lipinski definition) is 6. The number of ether oxygens (including phenoxy) is 1. The number of aryl methyl sites for hydroxylation is 1. The second-order valence-corrected chi connectivity index (χ2v) is 11.3.